The van der Waals surface area contributed by atoms with E-state index in [-0.39, 0.29) is 12.6 Å². The zero-order valence-corrected chi connectivity index (χ0v) is 12.4. The highest BCUT2D eigenvalue weighted by molar-refractivity contribution is 6.29. The first kappa shape index (κ1) is 16.1. The van der Waals surface area contributed by atoms with Crippen molar-refractivity contribution < 1.29 is 9.84 Å². The molecule has 0 saturated carbocycles. The molecule has 0 aromatic carbocycles. The lowest BCUT2D eigenvalue weighted by atomic mass is 10.0. The van der Waals surface area contributed by atoms with Gasteiger partial charge in [0.25, 0.3) is 0 Å². The number of halogens is 1. The van der Waals surface area contributed by atoms with Crippen molar-refractivity contribution in [3.05, 3.63) is 17.0 Å². The second kappa shape index (κ2) is 8.30. The minimum absolute atomic E-state index is 0.139. The average Bonchev–Trinajstić information content (AvgIpc) is 2.35. The normalized spacial score (nSPS) is 12.7. The Labute approximate surface area is 119 Å². The molecular formula is C13H22ClN3O2. The number of rotatable bonds is 8. The van der Waals surface area contributed by atoms with E-state index >= 15 is 0 Å². The molecule has 1 rings (SSSR count). The van der Waals surface area contributed by atoms with Crippen LogP contribution in [0.2, 0.25) is 5.15 Å². The summed E-state index contributed by atoms with van der Waals surface area (Å²) in [5.74, 6) is 1.61. The van der Waals surface area contributed by atoms with Crippen molar-refractivity contribution in [2.75, 3.05) is 18.5 Å². The molecule has 0 spiro atoms. The highest BCUT2D eigenvalue weighted by Gasteiger charge is 2.14. The molecule has 0 saturated heterocycles. The van der Waals surface area contributed by atoms with Crippen LogP contribution in [-0.4, -0.2) is 34.3 Å². The molecule has 1 heterocycles. The fraction of sp³-hybridized carbons (Fsp3) is 0.692. The molecule has 5 nitrogen and oxygen atoms in total. The van der Waals surface area contributed by atoms with Gasteiger partial charge in [0, 0.05) is 25.3 Å². The predicted molar refractivity (Wildman–Crippen MR) is 76.3 cm³/mol. The summed E-state index contributed by atoms with van der Waals surface area (Å²) in [6.45, 7) is 7.20. The zero-order chi connectivity index (χ0) is 14.3. The van der Waals surface area contributed by atoms with Gasteiger partial charge in [0.1, 0.15) is 17.6 Å². The Morgan fingerprint density at radius 1 is 1.42 bits per heavy atom. The molecule has 1 aromatic heterocycles. The molecular weight excluding hydrogens is 266 g/mol. The standard InChI is InChI=1S/C13H22ClN3O2/c1-4-19-8-13-16-11(14)7-12(17-13)15-10(5-6-18)9(2)3/h7,9-10,18H,4-6,8H2,1-3H3,(H,15,16,17). The molecule has 0 aliphatic heterocycles. The Morgan fingerprint density at radius 3 is 2.74 bits per heavy atom. The lowest BCUT2D eigenvalue weighted by molar-refractivity contribution is 0.128. The van der Waals surface area contributed by atoms with Gasteiger partial charge in [-0.15, -0.1) is 0 Å². The van der Waals surface area contributed by atoms with Crippen LogP contribution >= 0.6 is 11.6 Å². The van der Waals surface area contributed by atoms with Crippen LogP contribution < -0.4 is 5.32 Å². The molecule has 6 heteroatoms. The molecule has 19 heavy (non-hydrogen) atoms. The molecule has 0 bridgehead atoms. The summed E-state index contributed by atoms with van der Waals surface area (Å²) in [4.78, 5) is 8.47. The van der Waals surface area contributed by atoms with Crippen LogP contribution in [0.3, 0.4) is 0 Å². The Hall–Kier alpha value is -0.910. The molecule has 0 fully saturated rings. The van der Waals surface area contributed by atoms with E-state index in [1.54, 1.807) is 6.07 Å². The van der Waals surface area contributed by atoms with Gasteiger partial charge in [-0.1, -0.05) is 25.4 Å². The van der Waals surface area contributed by atoms with Gasteiger partial charge in [-0.25, -0.2) is 9.97 Å². The van der Waals surface area contributed by atoms with Crippen LogP contribution in [0.25, 0.3) is 0 Å². The average molecular weight is 288 g/mol. The van der Waals surface area contributed by atoms with Gasteiger partial charge in [-0.3, -0.25) is 0 Å². The van der Waals surface area contributed by atoms with E-state index in [4.69, 9.17) is 21.4 Å². The number of nitrogens with zero attached hydrogens (tertiary/aromatic N) is 2. The summed E-state index contributed by atoms with van der Waals surface area (Å²) in [7, 11) is 0. The number of aliphatic hydroxyl groups is 1. The highest BCUT2D eigenvalue weighted by Crippen LogP contribution is 2.17. The summed E-state index contributed by atoms with van der Waals surface area (Å²) in [5, 5.41) is 12.7. The topological polar surface area (TPSA) is 67.3 Å². The lowest BCUT2D eigenvalue weighted by Crippen LogP contribution is -2.27. The van der Waals surface area contributed by atoms with Gasteiger partial charge in [0.05, 0.1) is 0 Å². The smallest absolute Gasteiger partial charge is 0.158 e. The maximum Gasteiger partial charge on any atom is 0.158 e. The van der Waals surface area contributed by atoms with Crippen molar-refractivity contribution in [3.8, 4) is 0 Å². The van der Waals surface area contributed by atoms with Gasteiger partial charge in [-0.05, 0) is 19.3 Å². The summed E-state index contributed by atoms with van der Waals surface area (Å²) in [6.07, 6.45) is 0.667. The first-order valence-electron chi connectivity index (χ1n) is 6.55. The number of hydrogen-bond donors (Lipinski definition) is 2. The molecule has 0 amide bonds. The van der Waals surface area contributed by atoms with Crippen LogP contribution in [0.15, 0.2) is 6.07 Å². The molecule has 0 aliphatic carbocycles. The first-order chi connectivity index (χ1) is 9.06. The van der Waals surface area contributed by atoms with Crippen molar-refractivity contribution in [2.24, 2.45) is 5.92 Å². The fourth-order valence-corrected chi connectivity index (χ4v) is 1.90. The van der Waals surface area contributed by atoms with Gasteiger partial charge in [0.15, 0.2) is 5.82 Å². The largest absolute Gasteiger partial charge is 0.396 e. The lowest BCUT2D eigenvalue weighted by Gasteiger charge is -2.22. The summed E-state index contributed by atoms with van der Waals surface area (Å²) in [5.41, 5.74) is 0. The van der Waals surface area contributed by atoms with Gasteiger partial charge < -0.3 is 15.2 Å². The quantitative estimate of drug-likeness (QED) is 0.719. The number of nitrogens with one attached hydrogen (secondary N) is 1. The number of ether oxygens (including phenoxy) is 1. The third-order valence-corrected chi connectivity index (χ3v) is 2.95. The van der Waals surface area contributed by atoms with Crippen molar-refractivity contribution in [1.82, 2.24) is 9.97 Å². The minimum Gasteiger partial charge on any atom is -0.396 e. The summed E-state index contributed by atoms with van der Waals surface area (Å²) >= 11 is 5.97. The van der Waals surface area contributed by atoms with Gasteiger partial charge in [0.2, 0.25) is 0 Å². The van der Waals surface area contributed by atoms with E-state index in [9.17, 15) is 0 Å². The van der Waals surface area contributed by atoms with Gasteiger partial charge in [-0.2, -0.15) is 0 Å². The number of anilines is 1. The van der Waals surface area contributed by atoms with E-state index in [0.29, 0.717) is 42.3 Å². The molecule has 0 radical (unpaired) electrons. The van der Waals surface area contributed by atoms with Crippen molar-refractivity contribution in [2.45, 2.75) is 39.8 Å². The van der Waals surface area contributed by atoms with Crippen LogP contribution in [0.4, 0.5) is 5.82 Å². The van der Waals surface area contributed by atoms with E-state index in [0.717, 1.165) is 0 Å². The maximum atomic E-state index is 9.07. The molecule has 1 unspecified atom stereocenters. The monoisotopic (exact) mass is 287 g/mol. The number of hydrogen-bond acceptors (Lipinski definition) is 5. The molecule has 1 atom stereocenters. The highest BCUT2D eigenvalue weighted by atomic mass is 35.5. The van der Waals surface area contributed by atoms with Gasteiger partial charge >= 0.3 is 0 Å². The Bertz CT molecular complexity index is 388. The maximum absolute atomic E-state index is 9.07. The van der Waals surface area contributed by atoms with Crippen molar-refractivity contribution >= 4 is 17.4 Å². The van der Waals surface area contributed by atoms with Crippen LogP contribution in [0, 0.1) is 5.92 Å². The third kappa shape index (κ3) is 5.72. The van der Waals surface area contributed by atoms with Crippen LogP contribution in [-0.2, 0) is 11.3 Å². The zero-order valence-electron chi connectivity index (χ0n) is 11.7. The number of aliphatic hydroxyl groups excluding tert-OH is 1. The third-order valence-electron chi connectivity index (χ3n) is 2.75. The van der Waals surface area contributed by atoms with E-state index in [2.05, 4.69) is 29.1 Å². The molecule has 1 aromatic rings. The molecule has 2 N–H and O–H groups in total. The van der Waals surface area contributed by atoms with E-state index < -0.39 is 0 Å². The Morgan fingerprint density at radius 2 is 2.16 bits per heavy atom. The van der Waals surface area contributed by atoms with Crippen molar-refractivity contribution in [3.63, 3.8) is 0 Å². The summed E-state index contributed by atoms with van der Waals surface area (Å²) < 4.78 is 5.28. The second-order valence-corrected chi connectivity index (χ2v) is 5.02. The van der Waals surface area contributed by atoms with E-state index in [1.807, 2.05) is 6.92 Å². The minimum atomic E-state index is 0.139. The SMILES string of the molecule is CCOCc1nc(Cl)cc(NC(CCO)C(C)C)n1. The Balaban J connectivity index is 2.78. The van der Waals surface area contributed by atoms with Crippen LogP contribution in [0.5, 0.6) is 0 Å². The Kier molecular flexibility index (Phi) is 7.05. The fourth-order valence-electron chi connectivity index (χ4n) is 1.70. The van der Waals surface area contributed by atoms with Crippen molar-refractivity contribution in [1.29, 1.82) is 0 Å². The second-order valence-electron chi connectivity index (χ2n) is 4.64. The number of aromatic nitrogens is 2. The molecule has 0 aliphatic rings. The molecule has 108 valence electrons. The predicted octanol–water partition coefficient (Wildman–Crippen LogP) is 2.49. The first-order valence-corrected chi connectivity index (χ1v) is 6.93. The summed E-state index contributed by atoms with van der Waals surface area (Å²) in [6, 6.07) is 1.83. The van der Waals surface area contributed by atoms with Crippen LogP contribution in [0.1, 0.15) is 33.0 Å². The van der Waals surface area contributed by atoms with E-state index in [1.165, 1.54) is 0 Å².